The predicted molar refractivity (Wildman–Crippen MR) is 134 cm³/mol. The van der Waals surface area contributed by atoms with Crippen LogP contribution < -0.4 is 14.5 Å². The Bertz CT molecular complexity index is 1290. The molecule has 0 bridgehead atoms. The third kappa shape index (κ3) is 6.05. The molecule has 3 aromatic rings. The Labute approximate surface area is 210 Å². The van der Waals surface area contributed by atoms with Gasteiger partial charge in [0.25, 0.3) is 15.9 Å². The number of hydrogen-bond donors (Lipinski definition) is 1. The maximum absolute atomic E-state index is 13.3. The highest BCUT2D eigenvalue weighted by Crippen LogP contribution is 2.35. The second-order valence-electron chi connectivity index (χ2n) is 6.58. The number of nitrogens with zero attached hydrogens (tertiary/aromatic N) is 2. The van der Waals surface area contributed by atoms with Gasteiger partial charge >= 0.3 is 0 Å². The van der Waals surface area contributed by atoms with Crippen molar-refractivity contribution in [2.24, 2.45) is 5.10 Å². The van der Waals surface area contributed by atoms with E-state index in [2.05, 4.69) is 26.5 Å². The van der Waals surface area contributed by atoms with Crippen molar-refractivity contribution in [1.82, 2.24) is 5.43 Å². The average Bonchev–Trinajstić information content (AvgIpc) is 2.80. The van der Waals surface area contributed by atoms with Crippen molar-refractivity contribution in [3.8, 4) is 5.75 Å². The van der Waals surface area contributed by atoms with Crippen LogP contribution >= 0.6 is 39.1 Å². The van der Waals surface area contributed by atoms with Gasteiger partial charge in [0.05, 0.1) is 34.0 Å². The van der Waals surface area contributed by atoms with E-state index in [4.69, 9.17) is 27.9 Å². The molecular weight excluding hydrogens is 553 g/mol. The van der Waals surface area contributed by atoms with E-state index in [-0.39, 0.29) is 20.6 Å². The fourth-order valence-corrected chi connectivity index (χ4v) is 5.13. The average molecular weight is 571 g/mol. The fourth-order valence-electron chi connectivity index (χ4n) is 2.85. The van der Waals surface area contributed by atoms with Crippen LogP contribution in [0.2, 0.25) is 10.0 Å². The number of ether oxygens (including phenoxy) is 1. The van der Waals surface area contributed by atoms with Crippen LogP contribution in [0.4, 0.5) is 5.69 Å². The summed E-state index contributed by atoms with van der Waals surface area (Å²) in [5, 5.41) is 4.09. The first-order valence-electron chi connectivity index (χ1n) is 9.41. The lowest BCUT2D eigenvalue weighted by Gasteiger charge is -2.24. The Hall–Kier alpha value is -2.59. The number of hydrazone groups is 1. The lowest BCUT2D eigenvalue weighted by atomic mass is 10.2. The van der Waals surface area contributed by atoms with Crippen LogP contribution in [0.25, 0.3) is 0 Å². The molecule has 0 aliphatic rings. The smallest absolute Gasteiger partial charge is 0.264 e. The van der Waals surface area contributed by atoms with E-state index in [9.17, 15) is 13.2 Å². The topological polar surface area (TPSA) is 88.1 Å². The molecule has 0 aliphatic carbocycles. The molecule has 7 nitrogen and oxygen atoms in total. The fraction of sp³-hybridized carbons (Fsp3) is 0.0909. The molecular formula is C22H18BrCl2N3O4S. The van der Waals surface area contributed by atoms with Crippen LogP contribution in [0.1, 0.15) is 5.56 Å². The molecule has 0 aromatic heterocycles. The van der Waals surface area contributed by atoms with Gasteiger partial charge in [-0.1, -0.05) is 63.4 Å². The second kappa shape index (κ2) is 11.0. The van der Waals surface area contributed by atoms with Crippen molar-refractivity contribution < 1.29 is 17.9 Å². The van der Waals surface area contributed by atoms with Gasteiger partial charge in [-0.2, -0.15) is 5.10 Å². The SMILES string of the molecule is COc1ccc(Br)cc1/C=N\NC(=O)CN(c1cccc(Cl)c1Cl)S(=O)(=O)c1ccccc1. The van der Waals surface area contributed by atoms with Crippen LogP contribution in [0, 0.1) is 0 Å². The Kier molecular flexibility index (Phi) is 8.36. The van der Waals surface area contributed by atoms with Gasteiger partial charge in [0.2, 0.25) is 0 Å². The molecule has 3 rings (SSSR count). The molecule has 1 N–H and O–H groups in total. The first-order chi connectivity index (χ1) is 15.7. The number of nitrogens with one attached hydrogen (secondary N) is 1. The van der Waals surface area contributed by atoms with Gasteiger partial charge in [0.15, 0.2) is 0 Å². The van der Waals surface area contributed by atoms with E-state index >= 15 is 0 Å². The lowest BCUT2D eigenvalue weighted by molar-refractivity contribution is -0.119. The highest BCUT2D eigenvalue weighted by atomic mass is 79.9. The minimum absolute atomic E-state index is 0.00350. The maximum Gasteiger partial charge on any atom is 0.264 e. The quantitative estimate of drug-likeness (QED) is 0.301. The molecule has 0 radical (unpaired) electrons. The van der Waals surface area contributed by atoms with Crippen LogP contribution in [-0.4, -0.2) is 34.2 Å². The lowest BCUT2D eigenvalue weighted by Crippen LogP contribution is -2.39. The Balaban J connectivity index is 1.89. The highest BCUT2D eigenvalue weighted by molar-refractivity contribution is 9.10. The predicted octanol–water partition coefficient (Wildman–Crippen LogP) is 5.11. The molecule has 0 saturated carbocycles. The summed E-state index contributed by atoms with van der Waals surface area (Å²) < 4.78 is 33.6. The largest absolute Gasteiger partial charge is 0.496 e. The van der Waals surface area contributed by atoms with E-state index in [1.807, 2.05) is 0 Å². The van der Waals surface area contributed by atoms with Gasteiger partial charge < -0.3 is 4.74 Å². The van der Waals surface area contributed by atoms with Crippen molar-refractivity contribution >= 4 is 67.0 Å². The first kappa shape index (κ1) is 25.0. The van der Waals surface area contributed by atoms with Gasteiger partial charge in [-0.3, -0.25) is 9.10 Å². The number of sulfonamides is 1. The van der Waals surface area contributed by atoms with Crippen molar-refractivity contribution in [2.75, 3.05) is 18.0 Å². The van der Waals surface area contributed by atoms with E-state index < -0.39 is 22.5 Å². The molecule has 172 valence electrons. The molecule has 3 aromatic carbocycles. The first-order valence-corrected chi connectivity index (χ1v) is 12.4. The minimum Gasteiger partial charge on any atom is -0.496 e. The molecule has 0 unspecified atom stereocenters. The number of rotatable bonds is 8. The molecule has 0 fully saturated rings. The van der Waals surface area contributed by atoms with E-state index in [1.54, 1.807) is 42.5 Å². The molecule has 0 saturated heterocycles. The summed E-state index contributed by atoms with van der Waals surface area (Å²) in [6.07, 6.45) is 1.39. The number of anilines is 1. The summed E-state index contributed by atoms with van der Waals surface area (Å²) >= 11 is 15.7. The summed E-state index contributed by atoms with van der Waals surface area (Å²) in [6, 6.07) is 17.5. The molecule has 33 heavy (non-hydrogen) atoms. The number of methoxy groups -OCH3 is 1. The number of benzene rings is 3. The Morgan fingerprint density at radius 3 is 2.55 bits per heavy atom. The van der Waals surface area contributed by atoms with Gasteiger partial charge in [-0.15, -0.1) is 0 Å². The molecule has 1 amide bonds. The van der Waals surface area contributed by atoms with Crippen LogP contribution in [0.15, 0.2) is 81.2 Å². The standard InChI is InChI=1S/C22H18BrCl2N3O4S/c1-32-20-11-10-16(23)12-15(20)13-26-27-21(29)14-28(19-9-5-8-18(24)22(19)25)33(30,31)17-6-3-2-4-7-17/h2-13H,14H2,1H3,(H,27,29)/b26-13-. The van der Waals surface area contributed by atoms with Gasteiger partial charge in [-0.25, -0.2) is 13.8 Å². The summed E-state index contributed by atoms with van der Waals surface area (Å²) in [5.74, 6) is -0.133. The minimum atomic E-state index is -4.13. The Morgan fingerprint density at radius 1 is 1.12 bits per heavy atom. The van der Waals surface area contributed by atoms with Crippen molar-refractivity contribution in [2.45, 2.75) is 4.90 Å². The molecule has 0 heterocycles. The molecule has 0 spiro atoms. The normalized spacial score (nSPS) is 11.4. The van der Waals surface area contributed by atoms with Gasteiger partial charge in [0.1, 0.15) is 12.3 Å². The number of carbonyl (C=O) groups is 1. The van der Waals surface area contributed by atoms with Gasteiger partial charge in [-0.05, 0) is 42.5 Å². The van der Waals surface area contributed by atoms with Crippen LogP contribution in [0.3, 0.4) is 0 Å². The summed E-state index contributed by atoms with van der Waals surface area (Å²) in [4.78, 5) is 12.7. The molecule has 11 heteroatoms. The van der Waals surface area contributed by atoms with Gasteiger partial charge in [0, 0.05) is 10.0 Å². The zero-order valence-corrected chi connectivity index (χ0v) is 21.1. The number of hydrogen-bond acceptors (Lipinski definition) is 5. The summed E-state index contributed by atoms with van der Waals surface area (Å²) in [6.45, 7) is -0.579. The Morgan fingerprint density at radius 2 is 1.85 bits per heavy atom. The highest BCUT2D eigenvalue weighted by Gasteiger charge is 2.29. The zero-order chi connectivity index (χ0) is 24.0. The summed E-state index contributed by atoms with van der Waals surface area (Å²) in [5.41, 5.74) is 3.02. The number of halogens is 3. The van der Waals surface area contributed by atoms with Crippen molar-refractivity contribution in [3.05, 3.63) is 86.8 Å². The molecule has 0 atom stereocenters. The monoisotopic (exact) mass is 569 g/mol. The zero-order valence-electron chi connectivity index (χ0n) is 17.2. The van der Waals surface area contributed by atoms with Crippen molar-refractivity contribution in [1.29, 1.82) is 0 Å². The van der Waals surface area contributed by atoms with Crippen LogP contribution in [0.5, 0.6) is 5.75 Å². The molecule has 0 aliphatic heterocycles. The third-order valence-electron chi connectivity index (χ3n) is 4.40. The van der Waals surface area contributed by atoms with E-state index in [0.29, 0.717) is 11.3 Å². The number of amides is 1. The van der Waals surface area contributed by atoms with Crippen molar-refractivity contribution in [3.63, 3.8) is 0 Å². The maximum atomic E-state index is 13.3. The summed E-state index contributed by atoms with van der Waals surface area (Å²) in [7, 11) is -2.62. The number of carbonyl (C=O) groups excluding carboxylic acids is 1. The van der Waals surface area contributed by atoms with Crippen LogP contribution in [-0.2, 0) is 14.8 Å². The third-order valence-corrected chi connectivity index (χ3v) is 7.48. The van der Waals surface area contributed by atoms with E-state index in [0.717, 1.165) is 8.78 Å². The van der Waals surface area contributed by atoms with E-state index in [1.165, 1.54) is 37.6 Å². The second-order valence-corrected chi connectivity index (χ2v) is 10.1.